The van der Waals surface area contributed by atoms with Crippen molar-refractivity contribution in [2.45, 2.75) is 71.1 Å². The van der Waals surface area contributed by atoms with Gasteiger partial charge in [-0.1, -0.05) is 26.2 Å². The highest BCUT2D eigenvalue weighted by molar-refractivity contribution is 6.08. The second-order valence-electron chi connectivity index (χ2n) is 4.64. The van der Waals surface area contributed by atoms with Crippen molar-refractivity contribution in [3.63, 3.8) is 0 Å². The Kier molecular flexibility index (Phi) is 6.69. The van der Waals surface area contributed by atoms with Gasteiger partial charge in [-0.3, -0.25) is 0 Å². The quantitative estimate of drug-likeness (QED) is 0.474. The molecule has 0 aliphatic rings. The third kappa shape index (κ3) is 8.51. The average Bonchev–Trinajstić information content (AvgIpc) is 2.01. The van der Waals surface area contributed by atoms with Gasteiger partial charge in [-0.15, -0.1) is 0 Å². The van der Waals surface area contributed by atoms with Gasteiger partial charge in [0.15, 0.2) is 0 Å². The SMILES string of the molecule is CCCCCC(C[SiH2])OC(C)(C)C. The summed E-state index contributed by atoms with van der Waals surface area (Å²) < 4.78 is 5.94. The maximum atomic E-state index is 5.94. The molecule has 0 rings (SSSR count). The van der Waals surface area contributed by atoms with Crippen molar-refractivity contribution in [3.8, 4) is 0 Å². The van der Waals surface area contributed by atoms with Gasteiger partial charge in [0.2, 0.25) is 0 Å². The van der Waals surface area contributed by atoms with Gasteiger partial charge in [0.1, 0.15) is 0 Å². The summed E-state index contributed by atoms with van der Waals surface area (Å²) in [6, 6.07) is 1.17. The summed E-state index contributed by atoms with van der Waals surface area (Å²) in [6.07, 6.45) is 5.66. The standard InChI is InChI=1S/C11H25OSi/c1-5-6-7-8-10(9-13)12-11(2,3)4/h10H,5-9,13H2,1-4H3. The molecule has 0 amide bonds. The maximum Gasteiger partial charge on any atom is 0.0602 e. The molecular formula is C11H25OSi. The number of unbranched alkanes of at least 4 members (excludes halogenated alkanes) is 2. The Balaban J connectivity index is 3.63. The molecule has 2 heteroatoms. The molecule has 0 heterocycles. The summed E-state index contributed by atoms with van der Waals surface area (Å²) in [6.45, 7) is 8.66. The topological polar surface area (TPSA) is 9.23 Å². The van der Waals surface area contributed by atoms with Gasteiger partial charge in [0, 0.05) is 10.2 Å². The molecule has 1 unspecified atom stereocenters. The maximum absolute atomic E-state index is 5.94. The molecule has 0 aliphatic heterocycles. The first-order valence-corrected chi connectivity index (χ1v) is 6.46. The first-order valence-electron chi connectivity index (χ1n) is 5.46. The van der Waals surface area contributed by atoms with E-state index in [0.29, 0.717) is 6.10 Å². The van der Waals surface area contributed by atoms with Gasteiger partial charge in [-0.2, -0.15) is 0 Å². The van der Waals surface area contributed by atoms with Crippen molar-refractivity contribution in [1.29, 1.82) is 0 Å². The molecule has 0 aromatic carbocycles. The molecule has 0 fully saturated rings. The van der Waals surface area contributed by atoms with Crippen molar-refractivity contribution in [3.05, 3.63) is 0 Å². The van der Waals surface area contributed by atoms with Gasteiger partial charge in [-0.05, 0) is 33.2 Å². The van der Waals surface area contributed by atoms with Gasteiger partial charge in [-0.25, -0.2) is 0 Å². The highest BCUT2D eigenvalue weighted by Crippen LogP contribution is 2.17. The Morgan fingerprint density at radius 3 is 2.23 bits per heavy atom. The van der Waals surface area contributed by atoms with Gasteiger partial charge >= 0.3 is 0 Å². The molecule has 1 radical (unpaired) electrons. The zero-order valence-electron chi connectivity index (χ0n) is 9.73. The number of rotatable bonds is 6. The predicted molar refractivity (Wildman–Crippen MR) is 62.1 cm³/mol. The van der Waals surface area contributed by atoms with E-state index in [-0.39, 0.29) is 5.60 Å². The number of hydrogen-bond acceptors (Lipinski definition) is 1. The fourth-order valence-electron chi connectivity index (χ4n) is 1.38. The minimum absolute atomic E-state index is 0.0252. The summed E-state index contributed by atoms with van der Waals surface area (Å²) in [5, 5.41) is 0. The highest BCUT2D eigenvalue weighted by atomic mass is 28.1. The lowest BCUT2D eigenvalue weighted by Crippen LogP contribution is -2.27. The molecule has 0 saturated heterocycles. The van der Waals surface area contributed by atoms with Crippen LogP contribution in [0.4, 0.5) is 0 Å². The van der Waals surface area contributed by atoms with Gasteiger partial charge in [0.05, 0.1) is 11.7 Å². The number of ether oxygens (including phenoxy) is 1. The van der Waals surface area contributed by atoms with Crippen LogP contribution in [0.2, 0.25) is 6.04 Å². The van der Waals surface area contributed by atoms with Crippen LogP contribution in [0.3, 0.4) is 0 Å². The molecule has 0 N–H and O–H groups in total. The Morgan fingerprint density at radius 1 is 1.23 bits per heavy atom. The molecule has 79 valence electrons. The zero-order chi connectivity index (χ0) is 10.3. The van der Waals surface area contributed by atoms with Crippen LogP contribution in [-0.2, 0) is 4.74 Å². The largest absolute Gasteiger partial charge is 0.373 e. The second kappa shape index (κ2) is 6.60. The molecular weight excluding hydrogens is 176 g/mol. The normalized spacial score (nSPS) is 14.5. The van der Waals surface area contributed by atoms with Crippen LogP contribution < -0.4 is 0 Å². The average molecular weight is 201 g/mol. The van der Waals surface area contributed by atoms with Gasteiger partial charge < -0.3 is 4.74 Å². The fraction of sp³-hybridized carbons (Fsp3) is 1.00. The highest BCUT2D eigenvalue weighted by Gasteiger charge is 2.16. The molecule has 0 aromatic rings. The summed E-state index contributed by atoms with van der Waals surface area (Å²) in [5.41, 5.74) is 0.0252. The van der Waals surface area contributed by atoms with E-state index in [4.69, 9.17) is 4.74 Å². The molecule has 1 nitrogen and oxygen atoms in total. The molecule has 0 spiro atoms. The molecule has 0 aliphatic carbocycles. The molecule has 1 atom stereocenters. The van der Waals surface area contributed by atoms with Crippen LogP contribution in [0, 0.1) is 0 Å². The van der Waals surface area contributed by atoms with E-state index in [1.54, 1.807) is 0 Å². The van der Waals surface area contributed by atoms with E-state index in [1.165, 1.54) is 31.7 Å². The van der Waals surface area contributed by atoms with E-state index < -0.39 is 0 Å². The van der Waals surface area contributed by atoms with Crippen LogP contribution in [0.15, 0.2) is 0 Å². The first-order chi connectivity index (χ1) is 5.99. The Morgan fingerprint density at radius 2 is 1.85 bits per heavy atom. The molecule has 0 bridgehead atoms. The summed E-state index contributed by atoms with van der Waals surface area (Å²) in [7, 11) is 2.02. The van der Waals surface area contributed by atoms with Crippen molar-refractivity contribution < 1.29 is 4.74 Å². The third-order valence-corrected chi connectivity index (χ3v) is 2.62. The van der Waals surface area contributed by atoms with Crippen molar-refractivity contribution in [1.82, 2.24) is 0 Å². The van der Waals surface area contributed by atoms with E-state index in [9.17, 15) is 0 Å². The van der Waals surface area contributed by atoms with E-state index in [0.717, 1.165) is 0 Å². The molecule has 0 saturated carbocycles. The monoisotopic (exact) mass is 201 g/mol. The lowest BCUT2D eigenvalue weighted by Gasteiger charge is -2.26. The van der Waals surface area contributed by atoms with Crippen LogP contribution in [0.1, 0.15) is 53.4 Å². The van der Waals surface area contributed by atoms with Gasteiger partial charge in [0.25, 0.3) is 0 Å². The van der Waals surface area contributed by atoms with E-state index >= 15 is 0 Å². The zero-order valence-corrected chi connectivity index (χ0v) is 11.1. The van der Waals surface area contributed by atoms with E-state index in [1.807, 2.05) is 10.2 Å². The lowest BCUT2D eigenvalue weighted by molar-refractivity contribution is -0.0545. The van der Waals surface area contributed by atoms with Crippen molar-refractivity contribution in [2.75, 3.05) is 0 Å². The summed E-state index contributed by atoms with van der Waals surface area (Å²) in [4.78, 5) is 0. The van der Waals surface area contributed by atoms with Crippen LogP contribution in [0.5, 0.6) is 0 Å². The second-order valence-corrected chi connectivity index (χ2v) is 5.21. The smallest absolute Gasteiger partial charge is 0.0602 e. The Labute approximate surface area is 86.7 Å². The molecule has 13 heavy (non-hydrogen) atoms. The van der Waals surface area contributed by atoms with Crippen LogP contribution >= 0.6 is 0 Å². The number of hydrogen-bond donors (Lipinski definition) is 0. The minimum Gasteiger partial charge on any atom is -0.373 e. The summed E-state index contributed by atoms with van der Waals surface area (Å²) in [5.74, 6) is 0. The first kappa shape index (κ1) is 13.2. The third-order valence-electron chi connectivity index (χ3n) is 1.97. The van der Waals surface area contributed by atoms with E-state index in [2.05, 4.69) is 27.7 Å². The predicted octanol–water partition coefficient (Wildman–Crippen LogP) is 2.80. The Hall–Kier alpha value is 0.177. The minimum atomic E-state index is 0.0252. The van der Waals surface area contributed by atoms with Crippen LogP contribution in [-0.4, -0.2) is 21.9 Å². The fourth-order valence-corrected chi connectivity index (χ4v) is 1.79. The van der Waals surface area contributed by atoms with Crippen molar-refractivity contribution >= 4 is 10.2 Å². The Bertz CT molecular complexity index is 118. The van der Waals surface area contributed by atoms with Crippen molar-refractivity contribution in [2.24, 2.45) is 0 Å². The molecule has 0 aromatic heterocycles. The lowest BCUT2D eigenvalue weighted by atomic mass is 10.1. The van der Waals surface area contributed by atoms with Crippen LogP contribution in [0.25, 0.3) is 0 Å². The summed E-state index contributed by atoms with van der Waals surface area (Å²) >= 11 is 0.